The van der Waals surface area contributed by atoms with E-state index < -0.39 is 0 Å². The number of nitrogens with one attached hydrogen (secondary N) is 2. The van der Waals surface area contributed by atoms with Crippen molar-refractivity contribution in [3.63, 3.8) is 0 Å². The van der Waals surface area contributed by atoms with Crippen molar-refractivity contribution in [2.24, 2.45) is 4.99 Å². The standard InChI is InChI=1S/C18H29N3O/c1-3-22-14-13-20-17(19-2)21-15-18(11-7-8-12-18)16-9-5-4-6-10-16/h4-6,9-10H,3,7-8,11-15H2,1-2H3,(H2,19,20,21). The van der Waals surface area contributed by atoms with Crippen LogP contribution in [-0.4, -0.2) is 39.3 Å². The summed E-state index contributed by atoms with van der Waals surface area (Å²) in [6.45, 7) is 5.19. The Balaban J connectivity index is 1.91. The Morgan fingerprint density at radius 1 is 1.18 bits per heavy atom. The second kappa shape index (κ2) is 8.79. The number of rotatable bonds is 7. The lowest BCUT2D eigenvalue weighted by molar-refractivity contribution is 0.152. The highest BCUT2D eigenvalue weighted by Crippen LogP contribution is 2.40. The monoisotopic (exact) mass is 303 g/mol. The van der Waals surface area contributed by atoms with Crippen LogP contribution in [0.4, 0.5) is 0 Å². The molecule has 2 rings (SSSR count). The van der Waals surface area contributed by atoms with Crippen molar-refractivity contribution in [1.29, 1.82) is 0 Å². The molecule has 1 saturated carbocycles. The minimum atomic E-state index is 0.249. The van der Waals surface area contributed by atoms with Crippen LogP contribution in [0.1, 0.15) is 38.2 Å². The van der Waals surface area contributed by atoms with E-state index in [0.29, 0.717) is 6.61 Å². The summed E-state index contributed by atoms with van der Waals surface area (Å²) in [4.78, 5) is 4.31. The van der Waals surface area contributed by atoms with Crippen LogP contribution in [0.2, 0.25) is 0 Å². The van der Waals surface area contributed by atoms with Crippen LogP contribution < -0.4 is 10.6 Å². The first-order valence-corrected chi connectivity index (χ1v) is 8.38. The maximum absolute atomic E-state index is 5.35. The minimum absolute atomic E-state index is 0.249. The topological polar surface area (TPSA) is 45.6 Å². The van der Waals surface area contributed by atoms with Gasteiger partial charge in [0, 0.05) is 32.2 Å². The van der Waals surface area contributed by atoms with Gasteiger partial charge in [0.2, 0.25) is 0 Å². The quantitative estimate of drug-likeness (QED) is 0.462. The fraction of sp³-hybridized carbons (Fsp3) is 0.611. The fourth-order valence-corrected chi connectivity index (χ4v) is 3.27. The molecular formula is C18H29N3O. The van der Waals surface area contributed by atoms with Crippen LogP contribution in [0.25, 0.3) is 0 Å². The van der Waals surface area contributed by atoms with Crippen LogP contribution in [0.3, 0.4) is 0 Å². The molecule has 0 heterocycles. The molecule has 1 aromatic rings. The highest BCUT2D eigenvalue weighted by molar-refractivity contribution is 5.79. The van der Waals surface area contributed by atoms with Crippen molar-refractivity contribution in [2.75, 3.05) is 33.4 Å². The number of nitrogens with zero attached hydrogens (tertiary/aromatic N) is 1. The third-order valence-corrected chi connectivity index (χ3v) is 4.51. The molecule has 1 aliphatic rings. The number of hydrogen-bond donors (Lipinski definition) is 2. The van der Waals surface area contributed by atoms with E-state index in [1.165, 1.54) is 31.2 Å². The largest absolute Gasteiger partial charge is 0.380 e. The molecule has 1 aliphatic carbocycles. The lowest BCUT2D eigenvalue weighted by Gasteiger charge is -2.30. The maximum atomic E-state index is 5.35. The summed E-state index contributed by atoms with van der Waals surface area (Å²) in [6, 6.07) is 10.9. The van der Waals surface area contributed by atoms with E-state index in [0.717, 1.165) is 25.7 Å². The van der Waals surface area contributed by atoms with Gasteiger partial charge in [0.25, 0.3) is 0 Å². The average Bonchev–Trinajstić information content (AvgIpc) is 3.05. The summed E-state index contributed by atoms with van der Waals surface area (Å²) in [6.07, 6.45) is 5.12. The van der Waals surface area contributed by atoms with Crippen molar-refractivity contribution < 1.29 is 4.74 Å². The van der Waals surface area contributed by atoms with E-state index in [2.05, 4.69) is 46.0 Å². The summed E-state index contributed by atoms with van der Waals surface area (Å²) >= 11 is 0. The van der Waals surface area contributed by atoms with Crippen LogP contribution >= 0.6 is 0 Å². The minimum Gasteiger partial charge on any atom is -0.380 e. The summed E-state index contributed by atoms with van der Waals surface area (Å²) < 4.78 is 5.35. The molecule has 0 aliphatic heterocycles. The SMILES string of the molecule is CCOCCNC(=NC)NCC1(c2ccccc2)CCCC1. The lowest BCUT2D eigenvalue weighted by Crippen LogP contribution is -2.45. The Bertz CT molecular complexity index is 453. The molecule has 2 N–H and O–H groups in total. The second-order valence-corrected chi connectivity index (χ2v) is 5.90. The first-order chi connectivity index (χ1) is 10.8. The molecule has 1 fully saturated rings. The molecule has 1 aromatic carbocycles. The molecule has 4 nitrogen and oxygen atoms in total. The average molecular weight is 303 g/mol. The second-order valence-electron chi connectivity index (χ2n) is 5.90. The van der Waals surface area contributed by atoms with Gasteiger partial charge in [-0.1, -0.05) is 43.2 Å². The van der Waals surface area contributed by atoms with E-state index in [9.17, 15) is 0 Å². The van der Waals surface area contributed by atoms with E-state index in [1.54, 1.807) is 0 Å². The molecule has 0 unspecified atom stereocenters. The zero-order valence-electron chi connectivity index (χ0n) is 13.9. The molecule has 0 bridgehead atoms. The van der Waals surface area contributed by atoms with Gasteiger partial charge in [-0.2, -0.15) is 0 Å². The van der Waals surface area contributed by atoms with E-state index in [1.807, 2.05) is 14.0 Å². The zero-order valence-corrected chi connectivity index (χ0v) is 13.9. The van der Waals surface area contributed by atoms with Gasteiger partial charge in [-0.3, -0.25) is 4.99 Å². The first kappa shape index (κ1) is 16.8. The molecule has 0 saturated heterocycles. The van der Waals surface area contributed by atoms with Crippen molar-refractivity contribution in [3.8, 4) is 0 Å². The summed E-state index contributed by atoms with van der Waals surface area (Å²) in [5.74, 6) is 0.863. The van der Waals surface area contributed by atoms with Gasteiger partial charge >= 0.3 is 0 Å². The van der Waals surface area contributed by atoms with Gasteiger partial charge in [0.05, 0.1) is 6.61 Å². The normalized spacial score (nSPS) is 17.5. The predicted molar refractivity (Wildman–Crippen MR) is 92.4 cm³/mol. The van der Waals surface area contributed by atoms with Gasteiger partial charge in [-0.05, 0) is 25.3 Å². The number of hydrogen-bond acceptors (Lipinski definition) is 2. The van der Waals surface area contributed by atoms with Crippen LogP contribution in [0.15, 0.2) is 35.3 Å². The Labute approximate surface area is 134 Å². The molecule has 0 aromatic heterocycles. The summed E-state index contributed by atoms with van der Waals surface area (Å²) in [5, 5.41) is 6.82. The number of aliphatic imine (C=N–C) groups is 1. The smallest absolute Gasteiger partial charge is 0.191 e. The highest BCUT2D eigenvalue weighted by Gasteiger charge is 2.35. The summed E-state index contributed by atoms with van der Waals surface area (Å²) in [5.41, 5.74) is 1.70. The molecule has 0 amide bonds. The molecule has 0 radical (unpaired) electrons. The van der Waals surface area contributed by atoms with Crippen molar-refractivity contribution in [1.82, 2.24) is 10.6 Å². The Hall–Kier alpha value is -1.55. The summed E-state index contributed by atoms with van der Waals surface area (Å²) in [7, 11) is 1.82. The lowest BCUT2D eigenvalue weighted by atomic mass is 9.79. The maximum Gasteiger partial charge on any atom is 0.191 e. The van der Waals surface area contributed by atoms with Crippen molar-refractivity contribution in [2.45, 2.75) is 38.0 Å². The number of ether oxygens (including phenoxy) is 1. The van der Waals surface area contributed by atoms with Gasteiger partial charge in [0.15, 0.2) is 5.96 Å². The first-order valence-electron chi connectivity index (χ1n) is 8.38. The zero-order chi connectivity index (χ0) is 15.7. The van der Waals surface area contributed by atoms with Crippen molar-refractivity contribution >= 4 is 5.96 Å². The Morgan fingerprint density at radius 3 is 2.55 bits per heavy atom. The predicted octanol–water partition coefficient (Wildman–Crippen LogP) is 2.70. The molecule has 4 heteroatoms. The van der Waals surface area contributed by atoms with Gasteiger partial charge in [-0.15, -0.1) is 0 Å². The third-order valence-electron chi connectivity index (χ3n) is 4.51. The van der Waals surface area contributed by atoms with Gasteiger partial charge in [0.1, 0.15) is 0 Å². The molecule has 122 valence electrons. The highest BCUT2D eigenvalue weighted by atomic mass is 16.5. The van der Waals surface area contributed by atoms with Crippen LogP contribution in [0, 0.1) is 0 Å². The molecular weight excluding hydrogens is 274 g/mol. The van der Waals surface area contributed by atoms with Crippen LogP contribution in [0.5, 0.6) is 0 Å². The molecule has 0 atom stereocenters. The van der Waals surface area contributed by atoms with Crippen LogP contribution in [-0.2, 0) is 10.2 Å². The molecule has 0 spiro atoms. The van der Waals surface area contributed by atoms with E-state index in [4.69, 9.17) is 4.74 Å². The van der Waals surface area contributed by atoms with E-state index in [-0.39, 0.29) is 5.41 Å². The number of guanidine groups is 1. The Morgan fingerprint density at radius 2 is 1.91 bits per heavy atom. The fourth-order valence-electron chi connectivity index (χ4n) is 3.27. The third kappa shape index (κ3) is 4.47. The number of benzene rings is 1. The van der Waals surface area contributed by atoms with Crippen molar-refractivity contribution in [3.05, 3.63) is 35.9 Å². The molecule has 22 heavy (non-hydrogen) atoms. The van der Waals surface area contributed by atoms with E-state index >= 15 is 0 Å². The Kier molecular flexibility index (Phi) is 6.72. The van der Waals surface area contributed by atoms with Gasteiger partial charge in [-0.25, -0.2) is 0 Å². The van der Waals surface area contributed by atoms with Gasteiger partial charge < -0.3 is 15.4 Å².